The topological polar surface area (TPSA) is 26.0 Å². The standard InChI is InChI=1S/C12H23NS/c13-7-5-12(10-3-1-2-4-10)11-6-8-14-9-11/h10-12H,1-9,13H2. The summed E-state index contributed by atoms with van der Waals surface area (Å²) in [5.41, 5.74) is 5.76. The zero-order chi connectivity index (χ0) is 9.80. The molecule has 2 fully saturated rings. The summed E-state index contributed by atoms with van der Waals surface area (Å²) in [6.07, 6.45) is 8.69. The predicted molar refractivity (Wildman–Crippen MR) is 64.6 cm³/mol. The fourth-order valence-corrected chi connectivity index (χ4v) is 4.68. The lowest BCUT2D eigenvalue weighted by atomic mass is 9.78. The molecule has 82 valence electrons. The van der Waals surface area contributed by atoms with E-state index >= 15 is 0 Å². The van der Waals surface area contributed by atoms with Crippen molar-refractivity contribution in [3.63, 3.8) is 0 Å². The maximum atomic E-state index is 5.76. The molecule has 2 N–H and O–H groups in total. The van der Waals surface area contributed by atoms with Crippen molar-refractivity contribution < 1.29 is 0 Å². The molecule has 0 aromatic rings. The summed E-state index contributed by atoms with van der Waals surface area (Å²) in [6.45, 7) is 0.905. The molecule has 2 heteroatoms. The van der Waals surface area contributed by atoms with Crippen LogP contribution in [0.3, 0.4) is 0 Å². The van der Waals surface area contributed by atoms with Crippen molar-refractivity contribution in [2.75, 3.05) is 18.1 Å². The molecule has 1 heterocycles. The van der Waals surface area contributed by atoms with Gasteiger partial charge in [-0.25, -0.2) is 0 Å². The van der Waals surface area contributed by atoms with E-state index < -0.39 is 0 Å². The van der Waals surface area contributed by atoms with Gasteiger partial charge in [-0.15, -0.1) is 0 Å². The first-order valence-electron chi connectivity index (χ1n) is 6.19. The van der Waals surface area contributed by atoms with Crippen molar-refractivity contribution in [1.29, 1.82) is 0 Å². The van der Waals surface area contributed by atoms with Gasteiger partial charge in [0.2, 0.25) is 0 Å². The Labute approximate surface area is 92.2 Å². The van der Waals surface area contributed by atoms with Crippen molar-refractivity contribution in [3.05, 3.63) is 0 Å². The maximum Gasteiger partial charge on any atom is -0.00361 e. The molecule has 0 spiro atoms. The fraction of sp³-hybridized carbons (Fsp3) is 1.00. The number of hydrogen-bond acceptors (Lipinski definition) is 2. The minimum absolute atomic E-state index is 0.905. The first kappa shape index (κ1) is 10.8. The summed E-state index contributed by atoms with van der Waals surface area (Å²) in [5, 5.41) is 0. The molecule has 0 amide bonds. The van der Waals surface area contributed by atoms with E-state index in [0.29, 0.717) is 0 Å². The Kier molecular flexibility index (Phi) is 4.18. The van der Waals surface area contributed by atoms with Crippen LogP contribution in [-0.4, -0.2) is 18.1 Å². The van der Waals surface area contributed by atoms with E-state index in [2.05, 4.69) is 11.8 Å². The van der Waals surface area contributed by atoms with Crippen molar-refractivity contribution in [2.45, 2.75) is 38.5 Å². The number of thioether (sulfide) groups is 1. The van der Waals surface area contributed by atoms with Crippen LogP contribution in [0.2, 0.25) is 0 Å². The van der Waals surface area contributed by atoms with Crippen molar-refractivity contribution in [2.24, 2.45) is 23.5 Å². The molecular weight excluding hydrogens is 190 g/mol. The first-order valence-corrected chi connectivity index (χ1v) is 7.35. The van der Waals surface area contributed by atoms with Crippen LogP contribution in [-0.2, 0) is 0 Å². The Hall–Kier alpha value is 0.310. The molecule has 1 nitrogen and oxygen atoms in total. The zero-order valence-electron chi connectivity index (χ0n) is 9.08. The highest BCUT2D eigenvalue weighted by atomic mass is 32.2. The fourth-order valence-electron chi connectivity index (χ4n) is 3.32. The largest absolute Gasteiger partial charge is 0.330 e. The smallest absolute Gasteiger partial charge is 0.00361 e. The molecule has 1 saturated heterocycles. The van der Waals surface area contributed by atoms with Gasteiger partial charge in [-0.1, -0.05) is 25.7 Å². The van der Waals surface area contributed by atoms with Crippen LogP contribution < -0.4 is 5.73 Å². The molecule has 0 aromatic carbocycles. The Morgan fingerprint density at radius 3 is 2.50 bits per heavy atom. The Bertz CT molecular complexity index is 144. The molecule has 1 aliphatic heterocycles. The molecule has 1 aliphatic carbocycles. The summed E-state index contributed by atoms with van der Waals surface area (Å²) >= 11 is 2.15. The van der Waals surface area contributed by atoms with Crippen LogP contribution in [0.15, 0.2) is 0 Å². The van der Waals surface area contributed by atoms with Gasteiger partial charge in [-0.2, -0.15) is 11.8 Å². The van der Waals surface area contributed by atoms with Crippen LogP contribution in [0.5, 0.6) is 0 Å². The minimum Gasteiger partial charge on any atom is -0.330 e. The van der Waals surface area contributed by atoms with Gasteiger partial charge in [0.15, 0.2) is 0 Å². The van der Waals surface area contributed by atoms with Crippen LogP contribution >= 0.6 is 11.8 Å². The second kappa shape index (κ2) is 5.41. The molecule has 2 atom stereocenters. The summed E-state index contributed by atoms with van der Waals surface area (Å²) in [5.74, 6) is 5.82. The highest BCUT2D eigenvalue weighted by Crippen LogP contribution is 2.41. The second-order valence-electron chi connectivity index (χ2n) is 4.91. The van der Waals surface area contributed by atoms with E-state index in [1.54, 1.807) is 0 Å². The van der Waals surface area contributed by atoms with Gasteiger partial charge >= 0.3 is 0 Å². The van der Waals surface area contributed by atoms with Crippen molar-refractivity contribution in [1.82, 2.24) is 0 Å². The number of hydrogen-bond donors (Lipinski definition) is 1. The van der Waals surface area contributed by atoms with Gasteiger partial charge < -0.3 is 5.73 Å². The van der Waals surface area contributed by atoms with E-state index in [-0.39, 0.29) is 0 Å². The Morgan fingerprint density at radius 2 is 1.93 bits per heavy atom. The van der Waals surface area contributed by atoms with Crippen LogP contribution in [0.1, 0.15) is 38.5 Å². The first-order chi connectivity index (χ1) is 6.92. The van der Waals surface area contributed by atoms with E-state index in [0.717, 1.165) is 24.3 Å². The lowest BCUT2D eigenvalue weighted by molar-refractivity contribution is 0.234. The molecule has 2 rings (SSSR count). The van der Waals surface area contributed by atoms with E-state index in [1.165, 1.54) is 50.0 Å². The van der Waals surface area contributed by atoms with Gasteiger partial charge in [0.05, 0.1) is 0 Å². The minimum atomic E-state index is 0.905. The summed E-state index contributed by atoms with van der Waals surface area (Å²) in [4.78, 5) is 0. The Morgan fingerprint density at radius 1 is 1.14 bits per heavy atom. The second-order valence-corrected chi connectivity index (χ2v) is 6.06. The van der Waals surface area contributed by atoms with Gasteiger partial charge in [0.1, 0.15) is 0 Å². The highest BCUT2D eigenvalue weighted by Gasteiger charge is 2.32. The van der Waals surface area contributed by atoms with Gasteiger partial charge in [-0.3, -0.25) is 0 Å². The normalized spacial score (nSPS) is 31.1. The SMILES string of the molecule is NCCC(C1CCCC1)C1CCSC1. The molecule has 0 aromatic heterocycles. The quantitative estimate of drug-likeness (QED) is 0.777. The van der Waals surface area contributed by atoms with Crippen LogP contribution in [0.25, 0.3) is 0 Å². The van der Waals surface area contributed by atoms with E-state index in [4.69, 9.17) is 5.73 Å². The average molecular weight is 213 g/mol. The van der Waals surface area contributed by atoms with Crippen molar-refractivity contribution >= 4 is 11.8 Å². The molecule has 2 aliphatic rings. The third-order valence-electron chi connectivity index (χ3n) is 4.08. The Balaban J connectivity index is 1.91. The zero-order valence-corrected chi connectivity index (χ0v) is 9.90. The van der Waals surface area contributed by atoms with Crippen LogP contribution in [0, 0.1) is 17.8 Å². The summed E-state index contributed by atoms with van der Waals surface area (Å²) in [6, 6.07) is 0. The monoisotopic (exact) mass is 213 g/mol. The van der Waals surface area contributed by atoms with E-state index in [1.807, 2.05) is 0 Å². The van der Waals surface area contributed by atoms with Gasteiger partial charge in [0.25, 0.3) is 0 Å². The third kappa shape index (κ3) is 2.46. The third-order valence-corrected chi connectivity index (χ3v) is 5.26. The van der Waals surface area contributed by atoms with Gasteiger partial charge in [-0.05, 0) is 48.6 Å². The molecular formula is C12H23NS. The molecule has 2 unspecified atom stereocenters. The maximum absolute atomic E-state index is 5.76. The van der Waals surface area contributed by atoms with Crippen LogP contribution in [0.4, 0.5) is 0 Å². The average Bonchev–Trinajstić information content (AvgIpc) is 2.87. The lowest BCUT2D eigenvalue weighted by Gasteiger charge is -2.28. The summed E-state index contributed by atoms with van der Waals surface area (Å²) in [7, 11) is 0. The molecule has 0 bridgehead atoms. The highest BCUT2D eigenvalue weighted by molar-refractivity contribution is 7.99. The van der Waals surface area contributed by atoms with Gasteiger partial charge in [0, 0.05) is 0 Å². The number of nitrogens with two attached hydrogens (primary N) is 1. The molecule has 0 radical (unpaired) electrons. The van der Waals surface area contributed by atoms with E-state index in [9.17, 15) is 0 Å². The lowest BCUT2D eigenvalue weighted by Crippen LogP contribution is -2.24. The summed E-state index contributed by atoms with van der Waals surface area (Å²) < 4.78 is 0. The predicted octanol–water partition coefficient (Wildman–Crippen LogP) is 2.89. The molecule has 14 heavy (non-hydrogen) atoms. The van der Waals surface area contributed by atoms with Crippen molar-refractivity contribution in [3.8, 4) is 0 Å². The number of rotatable bonds is 4. The molecule has 1 saturated carbocycles.